The molecule has 60 heavy (non-hydrogen) atoms. The van der Waals surface area contributed by atoms with Gasteiger partial charge in [0.05, 0.1) is 17.8 Å². The van der Waals surface area contributed by atoms with Crippen molar-refractivity contribution >= 4 is 49.8 Å². The van der Waals surface area contributed by atoms with E-state index in [2.05, 4.69) is 18.2 Å². The molecule has 10 aromatic carbocycles. The lowest BCUT2D eigenvalue weighted by Gasteiger charge is -2.26. The molecule has 1 heterocycles. The van der Waals surface area contributed by atoms with Gasteiger partial charge in [0, 0.05) is 33.2 Å². The highest BCUT2D eigenvalue weighted by Crippen LogP contribution is 2.42. The molecule has 11 rings (SSSR count). The van der Waals surface area contributed by atoms with Crippen LogP contribution in [0.4, 0.5) is 17.1 Å². The highest BCUT2D eigenvalue weighted by atomic mass is 16.3. The van der Waals surface area contributed by atoms with Gasteiger partial charge in [-0.2, -0.15) is 0 Å². The Morgan fingerprint density at radius 2 is 0.900 bits per heavy atom. The van der Waals surface area contributed by atoms with Crippen LogP contribution in [0.2, 0.25) is 0 Å². The predicted octanol–water partition coefficient (Wildman–Crippen LogP) is 16.5. The van der Waals surface area contributed by atoms with Crippen molar-refractivity contribution in [3.05, 3.63) is 236 Å². The molecule has 282 valence electrons. The molecule has 0 saturated carbocycles. The van der Waals surface area contributed by atoms with E-state index in [0.29, 0.717) is 11.4 Å². The highest BCUT2D eigenvalue weighted by molar-refractivity contribution is 6.19. The molecular weight excluding hydrogens is 727 g/mol. The summed E-state index contributed by atoms with van der Waals surface area (Å²) in [4.78, 5) is 1.62. The summed E-state index contributed by atoms with van der Waals surface area (Å²) in [5.74, 6) is 0. The second-order valence-corrected chi connectivity index (χ2v) is 14.3. The van der Waals surface area contributed by atoms with Gasteiger partial charge in [-0.3, -0.25) is 0 Å². The van der Waals surface area contributed by atoms with Crippen LogP contribution in [-0.2, 0) is 0 Å². The zero-order valence-corrected chi connectivity index (χ0v) is 31.9. The molecular formula is C58H39NO. The van der Waals surface area contributed by atoms with Crippen LogP contribution in [-0.4, -0.2) is 0 Å². The monoisotopic (exact) mass is 778 g/mol. The maximum absolute atomic E-state index is 9.60. The fourth-order valence-electron chi connectivity index (χ4n) is 7.78. The first-order valence-corrected chi connectivity index (χ1v) is 19.4. The van der Waals surface area contributed by atoms with Crippen LogP contribution in [0.1, 0.15) is 17.8 Å². The van der Waals surface area contributed by atoms with E-state index in [1.807, 2.05) is 140 Å². The number of benzene rings is 10. The van der Waals surface area contributed by atoms with Crippen molar-refractivity contribution in [1.82, 2.24) is 0 Å². The summed E-state index contributed by atoms with van der Waals surface area (Å²) in [5.41, 5.74) is 5.89. The smallest absolute Gasteiger partial charge is 0.143 e. The first kappa shape index (κ1) is 24.1. The molecule has 11 aromatic rings. The summed E-state index contributed by atoms with van der Waals surface area (Å²) in [7, 11) is 0. The molecule has 0 aliphatic heterocycles. The van der Waals surface area contributed by atoms with Gasteiger partial charge >= 0.3 is 0 Å². The van der Waals surface area contributed by atoms with Gasteiger partial charge in [-0.15, -0.1) is 0 Å². The van der Waals surface area contributed by atoms with Gasteiger partial charge in [0.15, 0.2) is 0 Å². The number of hydrogen-bond acceptors (Lipinski definition) is 2. The summed E-state index contributed by atoms with van der Waals surface area (Å²) in [6, 6.07) is 42.2. The van der Waals surface area contributed by atoms with Crippen LogP contribution in [0.25, 0.3) is 88.3 Å². The topological polar surface area (TPSA) is 16.4 Å². The largest absolute Gasteiger partial charge is 0.455 e. The average molecular weight is 779 g/mol. The lowest BCUT2D eigenvalue weighted by molar-refractivity contribution is 0.673. The minimum absolute atomic E-state index is 0.147. The van der Waals surface area contributed by atoms with Crippen molar-refractivity contribution in [2.45, 2.75) is 0 Å². The Balaban J connectivity index is 1.07. The van der Waals surface area contributed by atoms with E-state index in [-0.39, 0.29) is 5.69 Å². The molecule has 0 spiro atoms. The molecule has 0 aliphatic carbocycles. The standard InChI is InChI=1S/C58H39NO/c1-3-11-40(12-4-1)42-21-23-43(24-22-42)44-25-32-50(33-26-44)59(51-34-27-45(28-35-51)49-17-9-16-48(39-49)41-13-5-2-6-14-41)52-36-29-47(30-37-52)53-19-10-20-56-57(53)55-38-31-46-15-7-8-18-54(46)58(55)60-56/h1-39H/i1D,3D,4D,11D,12D,21D,22D,23D,24D,25D,26D,32D,33D. The molecule has 0 amide bonds. The Hall–Kier alpha value is -7.94. The van der Waals surface area contributed by atoms with Gasteiger partial charge in [-0.1, -0.05) is 182 Å². The minimum atomic E-state index is -0.779. The molecule has 0 bridgehead atoms. The van der Waals surface area contributed by atoms with Crippen LogP contribution in [0.3, 0.4) is 0 Å². The third-order valence-corrected chi connectivity index (χ3v) is 10.7. The Morgan fingerprint density at radius 3 is 1.58 bits per heavy atom. The fourth-order valence-corrected chi connectivity index (χ4v) is 7.78. The molecule has 0 fully saturated rings. The zero-order chi connectivity index (χ0) is 51.1. The van der Waals surface area contributed by atoms with E-state index < -0.39 is 101 Å². The molecule has 2 nitrogen and oxygen atoms in total. The van der Waals surface area contributed by atoms with E-state index >= 15 is 0 Å². The molecule has 1 aromatic heterocycles. The van der Waals surface area contributed by atoms with Gasteiger partial charge in [0.25, 0.3) is 0 Å². The Morgan fingerprint density at radius 1 is 0.350 bits per heavy atom. The van der Waals surface area contributed by atoms with Crippen LogP contribution >= 0.6 is 0 Å². The van der Waals surface area contributed by atoms with Crippen molar-refractivity contribution < 1.29 is 22.2 Å². The zero-order valence-electron chi connectivity index (χ0n) is 44.9. The van der Waals surface area contributed by atoms with E-state index in [1.165, 1.54) is 0 Å². The minimum Gasteiger partial charge on any atom is -0.455 e. The molecule has 0 atom stereocenters. The molecule has 0 aliphatic rings. The molecule has 2 heteroatoms. The number of nitrogens with zero attached hydrogens (tertiary/aromatic N) is 1. The first-order valence-electron chi connectivity index (χ1n) is 25.9. The number of anilines is 3. The summed E-state index contributed by atoms with van der Waals surface area (Å²) in [5, 5.41) is 3.95. The number of rotatable bonds is 8. The normalized spacial score (nSPS) is 14.4. The van der Waals surface area contributed by atoms with Crippen LogP contribution < -0.4 is 4.90 Å². The van der Waals surface area contributed by atoms with Crippen molar-refractivity contribution in [3.8, 4) is 55.6 Å². The van der Waals surface area contributed by atoms with E-state index in [0.717, 1.165) is 66.1 Å². The van der Waals surface area contributed by atoms with Crippen molar-refractivity contribution in [1.29, 1.82) is 0 Å². The predicted molar refractivity (Wildman–Crippen MR) is 253 cm³/mol. The van der Waals surface area contributed by atoms with E-state index in [1.54, 1.807) is 4.90 Å². The van der Waals surface area contributed by atoms with E-state index in [4.69, 9.17) is 16.8 Å². The average Bonchev–Trinajstić information content (AvgIpc) is 3.82. The van der Waals surface area contributed by atoms with Crippen molar-refractivity contribution in [2.24, 2.45) is 0 Å². The molecule has 0 N–H and O–H groups in total. The number of furan rings is 1. The number of fused-ring (bicyclic) bond motifs is 5. The Labute approximate surface area is 368 Å². The van der Waals surface area contributed by atoms with Gasteiger partial charge in [0.1, 0.15) is 11.2 Å². The van der Waals surface area contributed by atoms with Crippen molar-refractivity contribution in [3.63, 3.8) is 0 Å². The second kappa shape index (κ2) is 15.1. The van der Waals surface area contributed by atoms with Crippen LogP contribution in [0, 0.1) is 0 Å². The third-order valence-electron chi connectivity index (χ3n) is 10.7. The first-order chi connectivity index (χ1) is 35.2. The van der Waals surface area contributed by atoms with Gasteiger partial charge in [0.2, 0.25) is 0 Å². The third kappa shape index (κ3) is 6.51. The lowest BCUT2D eigenvalue weighted by atomic mass is 9.97. The van der Waals surface area contributed by atoms with Gasteiger partial charge in [-0.05, 0) is 116 Å². The van der Waals surface area contributed by atoms with Gasteiger partial charge < -0.3 is 9.32 Å². The quantitative estimate of drug-likeness (QED) is 0.153. The SMILES string of the molecule is [2H]c1c([2H])c([2H])c(-c2c([2H])c([2H])c(-c3c([2H])c([2H])c(N(c4ccc(-c5cccc(-c6ccccc6)c5)cc4)c4ccc(-c5cccc6oc7c8ccccc8ccc7c56)cc4)c([2H])c3[2H])c([2H])c2[2H])c([2H])c1[2H]. The summed E-state index contributed by atoms with van der Waals surface area (Å²) in [6.45, 7) is 0. The summed E-state index contributed by atoms with van der Waals surface area (Å²) < 4.78 is 122. The molecule has 0 radical (unpaired) electrons. The van der Waals surface area contributed by atoms with Crippen LogP contribution in [0.15, 0.2) is 241 Å². The highest BCUT2D eigenvalue weighted by Gasteiger charge is 2.17. The second-order valence-electron chi connectivity index (χ2n) is 14.3. The summed E-state index contributed by atoms with van der Waals surface area (Å²) >= 11 is 0. The van der Waals surface area contributed by atoms with Crippen LogP contribution in [0.5, 0.6) is 0 Å². The van der Waals surface area contributed by atoms with E-state index in [9.17, 15) is 5.48 Å². The lowest BCUT2D eigenvalue weighted by Crippen LogP contribution is -2.09. The van der Waals surface area contributed by atoms with Crippen molar-refractivity contribution in [2.75, 3.05) is 4.90 Å². The maximum atomic E-state index is 9.60. The Kier molecular flexibility index (Phi) is 6.06. The fraction of sp³-hybridized carbons (Fsp3) is 0. The van der Waals surface area contributed by atoms with Gasteiger partial charge in [-0.25, -0.2) is 0 Å². The summed E-state index contributed by atoms with van der Waals surface area (Å²) in [6.07, 6.45) is 0. The molecule has 0 saturated heterocycles. The maximum Gasteiger partial charge on any atom is 0.143 e. The molecule has 0 unspecified atom stereocenters. The number of hydrogen-bond donors (Lipinski definition) is 0. The Bertz CT molecular complexity index is 3980.